The predicted molar refractivity (Wildman–Crippen MR) is 378 cm³/mol. The summed E-state index contributed by atoms with van der Waals surface area (Å²) < 4.78 is 11.4. The van der Waals surface area contributed by atoms with Crippen LogP contribution < -0.4 is 5.32 Å². The van der Waals surface area contributed by atoms with E-state index in [1.54, 1.807) is 0 Å². The molecule has 0 aromatic rings. The average Bonchev–Trinajstić information content (AvgIpc) is 3.29. The highest BCUT2D eigenvalue weighted by Crippen LogP contribution is 2.25. The fourth-order valence-corrected chi connectivity index (χ4v) is 13.7. The quantitative estimate of drug-likeness (QED) is 0.0330. The van der Waals surface area contributed by atoms with Crippen LogP contribution in [0.3, 0.4) is 0 Å². The molecule has 1 rings (SSSR count). The van der Waals surface area contributed by atoms with Crippen molar-refractivity contribution in [2.45, 2.75) is 487 Å². The van der Waals surface area contributed by atoms with Gasteiger partial charge in [0.15, 0.2) is 6.29 Å². The molecule has 0 aromatic heterocycles. The molecule has 0 saturated carbocycles. The minimum Gasteiger partial charge on any atom is -0.394 e. The number of nitrogens with one attached hydrogen (secondary N) is 1. The second-order valence-electron chi connectivity index (χ2n) is 28.6. The number of carbonyl (C=O) groups excluding carboxylic acids is 1. The van der Waals surface area contributed by atoms with Crippen LogP contribution in [0.1, 0.15) is 444 Å². The van der Waals surface area contributed by atoms with Crippen molar-refractivity contribution in [3.05, 3.63) is 0 Å². The van der Waals surface area contributed by atoms with Crippen molar-refractivity contribution in [3.63, 3.8) is 0 Å². The molecular formula is C79H157NO8. The van der Waals surface area contributed by atoms with E-state index in [2.05, 4.69) is 19.2 Å². The molecule has 1 aliphatic rings. The van der Waals surface area contributed by atoms with E-state index in [4.69, 9.17) is 9.47 Å². The smallest absolute Gasteiger partial charge is 0.220 e. The third-order valence-electron chi connectivity index (χ3n) is 20.0. The molecule has 7 atom stereocenters. The van der Waals surface area contributed by atoms with Crippen molar-refractivity contribution in [2.24, 2.45) is 0 Å². The van der Waals surface area contributed by atoms with Crippen molar-refractivity contribution < 1.29 is 39.8 Å². The molecule has 0 radical (unpaired) electrons. The number of aliphatic hydroxyl groups is 5. The fourth-order valence-electron chi connectivity index (χ4n) is 13.7. The summed E-state index contributed by atoms with van der Waals surface area (Å²) in [7, 11) is 0. The molecule has 1 heterocycles. The maximum atomic E-state index is 13.2. The summed E-state index contributed by atoms with van der Waals surface area (Å²) in [6.45, 7) is 3.92. The van der Waals surface area contributed by atoms with E-state index in [0.29, 0.717) is 12.8 Å². The Labute approximate surface area is 548 Å². The summed E-state index contributed by atoms with van der Waals surface area (Å²) in [5.41, 5.74) is 0. The molecule has 1 fully saturated rings. The number of aliphatic hydroxyl groups excluding tert-OH is 5. The van der Waals surface area contributed by atoms with Crippen molar-refractivity contribution in [3.8, 4) is 0 Å². The fraction of sp³-hybridized carbons (Fsp3) is 0.987. The van der Waals surface area contributed by atoms with Gasteiger partial charge in [-0.2, -0.15) is 0 Å². The molecule has 0 aromatic carbocycles. The minimum absolute atomic E-state index is 0.130. The molecular weight excluding hydrogens is 1090 g/mol. The average molecular weight is 1250 g/mol. The lowest BCUT2D eigenvalue weighted by molar-refractivity contribution is -0.302. The Morgan fingerprint density at radius 3 is 0.807 bits per heavy atom. The van der Waals surface area contributed by atoms with E-state index in [-0.39, 0.29) is 12.5 Å². The van der Waals surface area contributed by atoms with Crippen LogP contribution in [0.15, 0.2) is 0 Å². The van der Waals surface area contributed by atoms with Gasteiger partial charge in [0.2, 0.25) is 5.91 Å². The lowest BCUT2D eigenvalue weighted by Gasteiger charge is -2.40. The van der Waals surface area contributed by atoms with E-state index >= 15 is 0 Å². The van der Waals surface area contributed by atoms with Gasteiger partial charge in [0.25, 0.3) is 0 Å². The topological polar surface area (TPSA) is 149 Å². The number of amides is 1. The Morgan fingerprint density at radius 2 is 0.568 bits per heavy atom. The summed E-state index contributed by atoms with van der Waals surface area (Å²) in [5, 5.41) is 55.1. The molecule has 88 heavy (non-hydrogen) atoms. The SMILES string of the molecule is CCCCCCCCCCCCCCCCCCCCCCCCCCCCCCCCCCCCCCC(=O)NC(COC1OC(CO)C(O)C(O)C1O)C(O)CCCCCCCCCCCCCCCCCCCCCCCCCCCCCCC. The summed E-state index contributed by atoms with van der Waals surface area (Å²) in [5.74, 6) is -0.131. The molecule has 526 valence electrons. The Kier molecular flexibility index (Phi) is 66.8. The summed E-state index contributed by atoms with van der Waals surface area (Å²) in [4.78, 5) is 13.2. The zero-order valence-electron chi connectivity index (χ0n) is 59.3. The number of rotatable bonds is 73. The molecule has 0 aliphatic carbocycles. The monoisotopic (exact) mass is 1250 g/mol. The van der Waals surface area contributed by atoms with Crippen LogP contribution in [-0.4, -0.2) is 87.5 Å². The maximum Gasteiger partial charge on any atom is 0.220 e. The highest BCUT2D eigenvalue weighted by atomic mass is 16.7. The first-order chi connectivity index (χ1) is 43.3. The third kappa shape index (κ3) is 56.7. The number of hydrogen-bond donors (Lipinski definition) is 6. The first-order valence-corrected chi connectivity index (χ1v) is 40.2. The maximum absolute atomic E-state index is 13.2. The highest BCUT2D eigenvalue weighted by molar-refractivity contribution is 5.76. The van der Waals surface area contributed by atoms with Crippen molar-refractivity contribution in [2.75, 3.05) is 13.2 Å². The van der Waals surface area contributed by atoms with E-state index in [1.165, 1.54) is 379 Å². The zero-order valence-corrected chi connectivity index (χ0v) is 59.3. The van der Waals surface area contributed by atoms with Gasteiger partial charge >= 0.3 is 0 Å². The van der Waals surface area contributed by atoms with Gasteiger partial charge < -0.3 is 40.3 Å². The number of ether oxygens (including phenoxy) is 2. The van der Waals surface area contributed by atoms with Crippen molar-refractivity contribution in [1.29, 1.82) is 0 Å². The number of hydrogen-bond acceptors (Lipinski definition) is 8. The lowest BCUT2D eigenvalue weighted by Crippen LogP contribution is -2.60. The van der Waals surface area contributed by atoms with E-state index in [0.717, 1.165) is 38.5 Å². The highest BCUT2D eigenvalue weighted by Gasteiger charge is 2.44. The van der Waals surface area contributed by atoms with Crippen LogP contribution in [-0.2, 0) is 14.3 Å². The van der Waals surface area contributed by atoms with Gasteiger partial charge in [-0.1, -0.05) is 425 Å². The summed E-state index contributed by atoms with van der Waals surface area (Å²) in [6.07, 6.45) is 82.2. The molecule has 1 amide bonds. The Balaban J connectivity index is 2.03. The molecule has 0 spiro atoms. The van der Waals surface area contributed by atoms with Crippen LogP contribution in [0.5, 0.6) is 0 Å². The lowest BCUT2D eigenvalue weighted by atomic mass is 9.99. The van der Waals surface area contributed by atoms with E-state index in [1.807, 2.05) is 0 Å². The predicted octanol–water partition coefficient (Wildman–Crippen LogP) is 22.8. The second-order valence-corrected chi connectivity index (χ2v) is 28.6. The summed E-state index contributed by atoms with van der Waals surface area (Å²) >= 11 is 0. The molecule has 9 nitrogen and oxygen atoms in total. The van der Waals surface area contributed by atoms with Crippen LogP contribution in [0.4, 0.5) is 0 Å². The van der Waals surface area contributed by atoms with Crippen LogP contribution in [0, 0.1) is 0 Å². The van der Waals surface area contributed by atoms with Gasteiger partial charge in [-0.3, -0.25) is 4.79 Å². The van der Waals surface area contributed by atoms with Gasteiger partial charge in [0.05, 0.1) is 25.4 Å². The first kappa shape index (κ1) is 85.2. The molecule has 9 heteroatoms. The molecule has 1 saturated heterocycles. The van der Waals surface area contributed by atoms with Gasteiger partial charge in [0.1, 0.15) is 24.4 Å². The largest absolute Gasteiger partial charge is 0.394 e. The van der Waals surface area contributed by atoms with E-state index < -0.39 is 49.5 Å². The minimum atomic E-state index is -1.55. The Morgan fingerprint density at radius 1 is 0.341 bits per heavy atom. The number of carbonyl (C=O) groups is 1. The Hall–Kier alpha value is -0.810. The zero-order chi connectivity index (χ0) is 63.5. The normalized spacial score (nSPS) is 17.7. The third-order valence-corrected chi connectivity index (χ3v) is 20.0. The van der Waals surface area contributed by atoms with Crippen molar-refractivity contribution >= 4 is 5.91 Å². The summed E-state index contributed by atoms with van der Waals surface area (Å²) in [6, 6.07) is -0.716. The van der Waals surface area contributed by atoms with Crippen molar-refractivity contribution in [1.82, 2.24) is 5.32 Å². The molecule has 1 aliphatic heterocycles. The van der Waals surface area contributed by atoms with Gasteiger partial charge in [-0.15, -0.1) is 0 Å². The molecule has 6 N–H and O–H groups in total. The molecule has 0 bridgehead atoms. The van der Waals surface area contributed by atoms with Gasteiger partial charge in [-0.05, 0) is 12.8 Å². The van der Waals surface area contributed by atoms with Crippen LogP contribution in [0.2, 0.25) is 0 Å². The van der Waals surface area contributed by atoms with Gasteiger partial charge in [0, 0.05) is 6.42 Å². The van der Waals surface area contributed by atoms with Gasteiger partial charge in [-0.25, -0.2) is 0 Å². The van der Waals surface area contributed by atoms with Crippen LogP contribution >= 0.6 is 0 Å². The first-order valence-electron chi connectivity index (χ1n) is 40.2. The standard InChI is InChI=1S/C79H157NO8/c1-3-5-7-9-11-13-15-17-19-21-23-25-27-29-31-33-34-35-36-37-38-39-41-43-45-47-49-51-53-55-57-59-61-63-65-67-69-75(83)80-72(71-87-79-78(86)77(85)76(84)74(70-81)88-79)73(82)68-66-64-62-60-58-56-54-52-50-48-46-44-42-40-32-30-28-26-24-22-20-18-16-14-12-10-8-6-4-2/h72-74,76-79,81-82,84-86H,3-71H2,1-2H3,(H,80,83). The van der Waals surface area contributed by atoms with E-state index in [9.17, 15) is 30.3 Å². The Bertz CT molecular complexity index is 1350. The second kappa shape index (κ2) is 69.0. The van der Waals surface area contributed by atoms with Crippen LogP contribution in [0.25, 0.3) is 0 Å². The molecule has 7 unspecified atom stereocenters. The number of unbranched alkanes of at least 4 members (excludes halogenated alkanes) is 63.